The molecule has 0 radical (unpaired) electrons. The molecule has 96 valence electrons. The van der Waals surface area contributed by atoms with Gasteiger partial charge in [0.15, 0.2) is 0 Å². The largest absolute Gasteiger partial charge is 0.337 e. The molecule has 0 saturated carbocycles. The molecule has 0 bridgehead atoms. The van der Waals surface area contributed by atoms with Crippen LogP contribution in [0.5, 0.6) is 0 Å². The molecule has 0 aliphatic carbocycles. The SMILES string of the molecule is CCNC(CCc1ccccn1)c1nccn1C. The lowest BCUT2D eigenvalue weighted by Crippen LogP contribution is -2.24. The lowest BCUT2D eigenvalue weighted by Gasteiger charge is -2.17. The van der Waals surface area contributed by atoms with E-state index in [1.165, 1.54) is 0 Å². The number of aryl methyl sites for hydroxylation is 2. The number of nitrogens with one attached hydrogen (secondary N) is 1. The maximum Gasteiger partial charge on any atom is 0.125 e. The summed E-state index contributed by atoms with van der Waals surface area (Å²) < 4.78 is 2.08. The number of hydrogen-bond donors (Lipinski definition) is 1. The minimum absolute atomic E-state index is 0.289. The van der Waals surface area contributed by atoms with Gasteiger partial charge in [-0.25, -0.2) is 4.98 Å². The molecule has 2 heterocycles. The lowest BCUT2D eigenvalue weighted by atomic mass is 10.1. The first kappa shape index (κ1) is 12.8. The molecule has 4 nitrogen and oxygen atoms in total. The molecular weight excluding hydrogens is 224 g/mol. The van der Waals surface area contributed by atoms with Crippen LogP contribution < -0.4 is 5.32 Å². The van der Waals surface area contributed by atoms with Gasteiger partial charge < -0.3 is 9.88 Å². The minimum atomic E-state index is 0.289. The van der Waals surface area contributed by atoms with Crippen molar-refractivity contribution in [2.75, 3.05) is 6.54 Å². The Labute approximate surface area is 108 Å². The van der Waals surface area contributed by atoms with Crippen molar-refractivity contribution in [1.29, 1.82) is 0 Å². The third-order valence-electron chi connectivity index (χ3n) is 3.04. The van der Waals surface area contributed by atoms with Gasteiger partial charge in [-0.05, 0) is 31.5 Å². The maximum absolute atomic E-state index is 4.43. The van der Waals surface area contributed by atoms with Gasteiger partial charge in [0, 0.05) is 31.3 Å². The van der Waals surface area contributed by atoms with Gasteiger partial charge in [0.05, 0.1) is 6.04 Å². The Morgan fingerprint density at radius 3 is 2.78 bits per heavy atom. The standard InChI is InChI=1S/C14H20N4/c1-3-15-13(14-17-10-11-18(14)2)8-7-12-6-4-5-9-16-12/h4-6,9-11,13,15H,3,7-8H2,1-2H3. The molecule has 1 atom stereocenters. The van der Waals surface area contributed by atoms with Crippen LogP contribution >= 0.6 is 0 Å². The van der Waals surface area contributed by atoms with Gasteiger partial charge in [-0.1, -0.05) is 13.0 Å². The Morgan fingerprint density at radius 2 is 2.17 bits per heavy atom. The van der Waals surface area contributed by atoms with E-state index in [0.717, 1.165) is 30.9 Å². The van der Waals surface area contributed by atoms with E-state index in [9.17, 15) is 0 Å². The van der Waals surface area contributed by atoms with Crippen molar-refractivity contribution in [1.82, 2.24) is 19.9 Å². The molecule has 0 saturated heterocycles. The normalized spacial score (nSPS) is 12.6. The number of imidazole rings is 1. The Bertz CT molecular complexity index is 464. The first-order valence-corrected chi connectivity index (χ1v) is 6.41. The van der Waals surface area contributed by atoms with Crippen LogP contribution in [0.1, 0.15) is 30.9 Å². The molecule has 2 aromatic heterocycles. The van der Waals surface area contributed by atoms with Gasteiger partial charge in [-0.3, -0.25) is 4.98 Å². The fraction of sp³-hybridized carbons (Fsp3) is 0.429. The average Bonchev–Trinajstić information content (AvgIpc) is 2.82. The van der Waals surface area contributed by atoms with Crippen LogP contribution in [-0.4, -0.2) is 21.1 Å². The number of nitrogens with zero attached hydrogens (tertiary/aromatic N) is 3. The van der Waals surface area contributed by atoms with Crippen LogP contribution in [0.3, 0.4) is 0 Å². The summed E-state index contributed by atoms with van der Waals surface area (Å²) in [5, 5.41) is 3.48. The molecule has 0 aliphatic heterocycles. The zero-order valence-corrected chi connectivity index (χ0v) is 11.0. The van der Waals surface area contributed by atoms with Crippen molar-refractivity contribution >= 4 is 0 Å². The predicted octanol–water partition coefficient (Wildman–Crippen LogP) is 2.10. The highest BCUT2D eigenvalue weighted by molar-refractivity contribution is 5.05. The van der Waals surface area contributed by atoms with Crippen molar-refractivity contribution in [3.8, 4) is 0 Å². The van der Waals surface area contributed by atoms with Crippen LogP contribution in [0, 0.1) is 0 Å². The average molecular weight is 244 g/mol. The van der Waals surface area contributed by atoms with E-state index in [1.54, 1.807) is 0 Å². The maximum atomic E-state index is 4.43. The zero-order valence-electron chi connectivity index (χ0n) is 11.0. The molecule has 1 unspecified atom stereocenters. The van der Waals surface area contributed by atoms with E-state index in [4.69, 9.17) is 0 Å². The molecular formula is C14H20N4. The lowest BCUT2D eigenvalue weighted by molar-refractivity contribution is 0.476. The molecule has 0 spiro atoms. The summed E-state index contributed by atoms with van der Waals surface area (Å²) in [6, 6.07) is 6.34. The Kier molecular flexibility index (Phi) is 4.47. The monoisotopic (exact) mass is 244 g/mol. The molecule has 0 fully saturated rings. The number of rotatable bonds is 6. The van der Waals surface area contributed by atoms with Gasteiger partial charge >= 0.3 is 0 Å². The van der Waals surface area contributed by atoms with Crippen LogP contribution in [0.4, 0.5) is 0 Å². The molecule has 2 aromatic rings. The third kappa shape index (κ3) is 3.17. The van der Waals surface area contributed by atoms with E-state index < -0.39 is 0 Å². The highest BCUT2D eigenvalue weighted by Gasteiger charge is 2.14. The summed E-state index contributed by atoms with van der Waals surface area (Å²) in [5.41, 5.74) is 1.13. The molecule has 1 N–H and O–H groups in total. The van der Waals surface area contributed by atoms with Crippen LogP contribution in [-0.2, 0) is 13.5 Å². The Hall–Kier alpha value is -1.68. The van der Waals surface area contributed by atoms with Crippen LogP contribution in [0.2, 0.25) is 0 Å². The van der Waals surface area contributed by atoms with Crippen LogP contribution in [0.15, 0.2) is 36.8 Å². The minimum Gasteiger partial charge on any atom is -0.337 e. The first-order valence-electron chi connectivity index (χ1n) is 6.41. The molecule has 0 aliphatic rings. The van der Waals surface area contributed by atoms with E-state index in [2.05, 4.69) is 32.8 Å². The summed E-state index contributed by atoms with van der Waals surface area (Å²) in [6.07, 6.45) is 7.65. The number of pyridine rings is 1. The zero-order chi connectivity index (χ0) is 12.8. The Morgan fingerprint density at radius 1 is 1.28 bits per heavy atom. The first-order chi connectivity index (χ1) is 8.81. The molecule has 18 heavy (non-hydrogen) atoms. The highest BCUT2D eigenvalue weighted by atomic mass is 15.1. The number of aromatic nitrogens is 3. The topological polar surface area (TPSA) is 42.7 Å². The molecule has 4 heteroatoms. The van der Waals surface area contributed by atoms with Gasteiger partial charge in [0.25, 0.3) is 0 Å². The van der Waals surface area contributed by atoms with Gasteiger partial charge in [0.2, 0.25) is 0 Å². The fourth-order valence-corrected chi connectivity index (χ4v) is 2.12. The molecule has 0 amide bonds. The van der Waals surface area contributed by atoms with E-state index >= 15 is 0 Å². The van der Waals surface area contributed by atoms with Crippen molar-refractivity contribution < 1.29 is 0 Å². The third-order valence-corrected chi connectivity index (χ3v) is 3.04. The van der Waals surface area contributed by atoms with Gasteiger partial charge in [-0.15, -0.1) is 0 Å². The van der Waals surface area contributed by atoms with Gasteiger partial charge in [-0.2, -0.15) is 0 Å². The summed E-state index contributed by atoms with van der Waals surface area (Å²) in [4.78, 5) is 8.79. The second-order valence-corrected chi connectivity index (χ2v) is 4.37. The van der Waals surface area contributed by atoms with Crippen molar-refractivity contribution in [2.24, 2.45) is 7.05 Å². The predicted molar refractivity (Wildman–Crippen MR) is 72.2 cm³/mol. The Balaban J connectivity index is 2.01. The number of hydrogen-bond acceptors (Lipinski definition) is 3. The van der Waals surface area contributed by atoms with E-state index in [0.29, 0.717) is 0 Å². The van der Waals surface area contributed by atoms with Gasteiger partial charge in [0.1, 0.15) is 5.82 Å². The van der Waals surface area contributed by atoms with Crippen molar-refractivity contribution in [3.63, 3.8) is 0 Å². The quantitative estimate of drug-likeness (QED) is 0.846. The molecule has 0 aromatic carbocycles. The second kappa shape index (κ2) is 6.31. The van der Waals surface area contributed by atoms with Crippen molar-refractivity contribution in [3.05, 3.63) is 48.3 Å². The summed E-state index contributed by atoms with van der Waals surface area (Å²) in [5.74, 6) is 1.09. The summed E-state index contributed by atoms with van der Waals surface area (Å²) >= 11 is 0. The van der Waals surface area contributed by atoms with Crippen molar-refractivity contribution in [2.45, 2.75) is 25.8 Å². The van der Waals surface area contributed by atoms with E-state index in [1.807, 2.05) is 37.8 Å². The summed E-state index contributed by atoms with van der Waals surface area (Å²) in [7, 11) is 2.04. The smallest absolute Gasteiger partial charge is 0.125 e. The van der Waals surface area contributed by atoms with Crippen LogP contribution in [0.25, 0.3) is 0 Å². The second-order valence-electron chi connectivity index (χ2n) is 4.37. The van der Waals surface area contributed by atoms with E-state index in [-0.39, 0.29) is 6.04 Å². The fourth-order valence-electron chi connectivity index (χ4n) is 2.12. The summed E-state index contributed by atoms with van der Waals surface area (Å²) in [6.45, 7) is 3.07. The highest BCUT2D eigenvalue weighted by Crippen LogP contribution is 2.16. The molecule has 2 rings (SSSR count).